The molecule has 0 aliphatic rings. The molecule has 5 rings (SSSR count). The molecule has 0 N–H and O–H groups in total. The summed E-state index contributed by atoms with van der Waals surface area (Å²) in [6, 6.07) is 15.2. The maximum atomic E-state index is 12.3. The van der Waals surface area contributed by atoms with Crippen LogP contribution in [0.3, 0.4) is 0 Å². The van der Waals surface area contributed by atoms with Crippen molar-refractivity contribution in [2.24, 2.45) is 0 Å². The first-order chi connectivity index (χ1) is 14.7. The molecule has 0 spiro atoms. The lowest BCUT2D eigenvalue weighted by atomic mass is 10.2. The van der Waals surface area contributed by atoms with Crippen molar-refractivity contribution in [3.8, 4) is 17.1 Å². The number of hydrogen-bond acceptors (Lipinski definition) is 8. The smallest absolute Gasteiger partial charge is 0.270 e. The first-order valence-corrected chi connectivity index (χ1v) is 10.8. The SMILES string of the molecule is CCc1cc(=O)n2nc(Sc3nnc(-c4cccnc4)n3-c3ccccc3)sc2n1. The van der Waals surface area contributed by atoms with Crippen LogP contribution in [-0.4, -0.2) is 34.3 Å². The van der Waals surface area contributed by atoms with E-state index in [-0.39, 0.29) is 5.56 Å². The van der Waals surface area contributed by atoms with Gasteiger partial charge < -0.3 is 0 Å². The van der Waals surface area contributed by atoms with E-state index in [1.165, 1.54) is 33.7 Å². The summed E-state index contributed by atoms with van der Waals surface area (Å²) in [7, 11) is 0. The molecular weight excluding hydrogens is 418 g/mol. The highest BCUT2D eigenvalue weighted by Gasteiger charge is 2.19. The second-order valence-electron chi connectivity index (χ2n) is 6.32. The average Bonchev–Trinajstić information content (AvgIpc) is 3.39. The molecule has 0 unspecified atom stereocenters. The molecule has 5 aromatic rings. The third-order valence-electron chi connectivity index (χ3n) is 4.39. The van der Waals surface area contributed by atoms with Crippen LogP contribution in [0.2, 0.25) is 0 Å². The molecule has 0 fully saturated rings. The minimum atomic E-state index is -0.180. The normalized spacial score (nSPS) is 11.2. The van der Waals surface area contributed by atoms with Crippen molar-refractivity contribution in [1.29, 1.82) is 0 Å². The molecule has 0 saturated carbocycles. The minimum Gasteiger partial charge on any atom is -0.270 e. The van der Waals surface area contributed by atoms with Crippen molar-refractivity contribution in [1.82, 2.24) is 34.3 Å². The van der Waals surface area contributed by atoms with Gasteiger partial charge in [-0.05, 0) is 42.4 Å². The van der Waals surface area contributed by atoms with Crippen LogP contribution in [0.1, 0.15) is 12.6 Å². The topological polar surface area (TPSA) is 90.9 Å². The number of fused-ring (bicyclic) bond motifs is 1. The summed E-state index contributed by atoms with van der Waals surface area (Å²) in [5.74, 6) is 0.682. The number of aromatic nitrogens is 7. The Balaban J connectivity index is 1.62. The molecule has 0 aliphatic carbocycles. The molecule has 148 valence electrons. The lowest BCUT2D eigenvalue weighted by Gasteiger charge is -2.09. The molecule has 8 nitrogen and oxygen atoms in total. The number of pyridine rings is 1. The van der Waals surface area contributed by atoms with Gasteiger partial charge in [0.2, 0.25) is 10.1 Å². The van der Waals surface area contributed by atoms with E-state index >= 15 is 0 Å². The fourth-order valence-corrected chi connectivity index (χ4v) is 4.88. The zero-order chi connectivity index (χ0) is 20.5. The summed E-state index contributed by atoms with van der Waals surface area (Å²) in [6.07, 6.45) is 4.17. The molecule has 0 saturated heterocycles. The fourth-order valence-electron chi connectivity index (χ4n) is 2.97. The van der Waals surface area contributed by atoms with Crippen molar-refractivity contribution >= 4 is 28.1 Å². The summed E-state index contributed by atoms with van der Waals surface area (Å²) in [5.41, 5.74) is 2.36. The van der Waals surface area contributed by atoms with Gasteiger partial charge in [-0.15, -0.1) is 15.3 Å². The number of nitrogens with zero attached hydrogens (tertiary/aromatic N) is 7. The van der Waals surface area contributed by atoms with Crippen molar-refractivity contribution in [2.45, 2.75) is 22.8 Å². The maximum Gasteiger partial charge on any atom is 0.275 e. The van der Waals surface area contributed by atoms with Crippen LogP contribution in [0, 0.1) is 0 Å². The Labute approximate surface area is 179 Å². The third-order valence-corrected chi connectivity index (χ3v) is 6.29. The summed E-state index contributed by atoms with van der Waals surface area (Å²) >= 11 is 2.70. The predicted octanol–water partition coefficient (Wildman–Crippen LogP) is 3.51. The number of hydrogen-bond donors (Lipinski definition) is 0. The van der Waals surface area contributed by atoms with Crippen LogP contribution in [0.5, 0.6) is 0 Å². The molecule has 4 heterocycles. The Morgan fingerprint density at radius 2 is 1.97 bits per heavy atom. The van der Waals surface area contributed by atoms with Crippen LogP contribution >= 0.6 is 23.1 Å². The summed E-state index contributed by atoms with van der Waals surface area (Å²) in [6.45, 7) is 1.97. The van der Waals surface area contributed by atoms with Crippen molar-refractivity contribution in [2.75, 3.05) is 0 Å². The molecule has 0 atom stereocenters. The highest BCUT2D eigenvalue weighted by atomic mass is 32.2. The quantitative estimate of drug-likeness (QED) is 0.419. The van der Waals surface area contributed by atoms with Crippen LogP contribution in [0.25, 0.3) is 22.0 Å². The molecule has 30 heavy (non-hydrogen) atoms. The Hall–Kier alpha value is -3.37. The standard InChI is InChI=1S/C20H15N7OS2/c1-2-14-11-16(28)27-18(22-14)29-20(25-27)30-19-24-23-17(13-7-6-10-21-12-13)26(19)15-8-4-3-5-9-15/h3-12H,2H2,1H3. The molecule has 4 aromatic heterocycles. The van der Waals surface area contributed by atoms with Crippen molar-refractivity contribution < 1.29 is 0 Å². The Kier molecular flexibility index (Phi) is 4.85. The van der Waals surface area contributed by atoms with Crippen molar-refractivity contribution in [3.63, 3.8) is 0 Å². The van der Waals surface area contributed by atoms with Crippen LogP contribution < -0.4 is 5.56 Å². The van der Waals surface area contributed by atoms with Gasteiger partial charge in [0.15, 0.2) is 10.2 Å². The van der Waals surface area contributed by atoms with E-state index in [0.29, 0.717) is 26.7 Å². The van der Waals surface area contributed by atoms with Gasteiger partial charge in [0.25, 0.3) is 5.56 Å². The predicted molar refractivity (Wildman–Crippen MR) is 115 cm³/mol. The first-order valence-electron chi connectivity index (χ1n) is 9.22. The van der Waals surface area contributed by atoms with Gasteiger partial charge in [0.1, 0.15) is 0 Å². The largest absolute Gasteiger partial charge is 0.275 e. The number of para-hydroxylation sites is 1. The van der Waals surface area contributed by atoms with E-state index < -0.39 is 0 Å². The number of aryl methyl sites for hydroxylation is 1. The van der Waals surface area contributed by atoms with E-state index in [4.69, 9.17) is 0 Å². The van der Waals surface area contributed by atoms with E-state index in [1.807, 2.05) is 54.0 Å². The summed E-state index contributed by atoms with van der Waals surface area (Å²) in [5, 5.41) is 13.9. The van der Waals surface area contributed by atoms with Crippen LogP contribution in [-0.2, 0) is 6.42 Å². The zero-order valence-corrected chi connectivity index (χ0v) is 17.5. The van der Waals surface area contributed by atoms with Gasteiger partial charge in [-0.2, -0.15) is 4.52 Å². The van der Waals surface area contributed by atoms with Gasteiger partial charge in [0, 0.05) is 35.4 Å². The van der Waals surface area contributed by atoms with E-state index in [9.17, 15) is 4.79 Å². The molecule has 0 bridgehead atoms. The van der Waals surface area contributed by atoms with Gasteiger partial charge in [-0.1, -0.05) is 36.5 Å². The van der Waals surface area contributed by atoms with E-state index in [2.05, 4.69) is 25.3 Å². The molecule has 1 aromatic carbocycles. The average molecular weight is 434 g/mol. The molecular formula is C20H15N7OS2. The maximum absolute atomic E-state index is 12.3. The van der Waals surface area contributed by atoms with Crippen molar-refractivity contribution in [3.05, 3.63) is 77.0 Å². The summed E-state index contributed by atoms with van der Waals surface area (Å²) < 4.78 is 3.95. The lowest BCUT2D eigenvalue weighted by Crippen LogP contribution is -2.15. The Morgan fingerprint density at radius 3 is 2.73 bits per heavy atom. The minimum absolute atomic E-state index is 0.180. The number of rotatable bonds is 5. The van der Waals surface area contributed by atoms with Gasteiger partial charge in [-0.25, -0.2) is 4.98 Å². The highest BCUT2D eigenvalue weighted by Crippen LogP contribution is 2.33. The molecule has 0 radical (unpaired) electrons. The lowest BCUT2D eigenvalue weighted by molar-refractivity contribution is 0.835. The van der Waals surface area contributed by atoms with E-state index in [1.54, 1.807) is 12.4 Å². The summed E-state index contributed by atoms with van der Waals surface area (Å²) in [4.78, 5) is 21.6. The second kappa shape index (κ2) is 7.81. The highest BCUT2D eigenvalue weighted by molar-refractivity contribution is 8.01. The van der Waals surface area contributed by atoms with Crippen LogP contribution in [0.4, 0.5) is 0 Å². The molecule has 0 amide bonds. The Bertz CT molecular complexity index is 1380. The fraction of sp³-hybridized carbons (Fsp3) is 0.100. The first kappa shape index (κ1) is 18.6. The second-order valence-corrected chi connectivity index (χ2v) is 8.49. The van der Waals surface area contributed by atoms with Crippen LogP contribution in [0.15, 0.2) is 75.2 Å². The molecule has 0 aliphatic heterocycles. The monoisotopic (exact) mass is 433 g/mol. The van der Waals surface area contributed by atoms with Gasteiger partial charge in [-0.3, -0.25) is 14.3 Å². The van der Waals surface area contributed by atoms with E-state index in [0.717, 1.165) is 16.9 Å². The van der Waals surface area contributed by atoms with Gasteiger partial charge >= 0.3 is 0 Å². The number of benzene rings is 1. The zero-order valence-electron chi connectivity index (χ0n) is 15.8. The Morgan fingerprint density at radius 1 is 1.10 bits per heavy atom. The molecule has 10 heteroatoms. The van der Waals surface area contributed by atoms with Gasteiger partial charge in [0.05, 0.1) is 0 Å². The third kappa shape index (κ3) is 3.40.